The van der Waals surface area contributed by atoms with E-state index in [0.29, 0.717) is 12.1 Å². The molecule has 0 fully saturated rings. The second-order valence-electron chi connectivity index (χ2n) is 6.17. The smallest absolute Gasteiger partial charge is 0.303 e. The highest BCUT2D eigenvalue weighted by Crippen LogP contribution is 2.17. The summed E-state index contributed by atoms with van der Waals surface area (Å²) < 4.78 is 5.18. The van der Waals surface area contributed by atoms with Crippen LogP contribution in [0.4, 0.5) is 0 Å². The molecule has 0 saturated carbocycles. The summed E-state index contributed by atoms with van der Waals surface area (Å²) >= 11 is 0. The Morgan fingerprint density at radius 3 is 2.12 bits per heavy atom. The Morgan fingerprint density at radius 1 is 0.958 bits per heavy atom. The molecule has 0 aliphatic rings. The van der Waals surface area contributed by atoms with Crippen molar-refractivity contribution in [2.75, 3.05) is 6.54 Å². The van der Waals surface area contributed by atoms with Crippen LogP contribution in [0.5, 0.6) is 0 Å². The van der Waals surface area contributed by atoms with Gasteiger partial charge >= 0.3 is 5.97 Å². The topological polar surface area (TPSA) is 55.4 Å². The Morgan fingerprint density at radius 2 is 1.54 bits per heavy atom. The SMILES string of the molecule is CCCCCCCCCCNC(=O)[C@@H](OC(C)=O)c1ccccc1. The standard InChI is InChI=1S/C20H31NO3/c1-3-4-5-6-7-8-9-13-16-21-20(23)19(24-17(2)22)18-14-11-10-12-15-18/h10-12,14-15,19H,3-9,13,16H2,1-2H3,(H,21,23)/t19-/m0/s1. The van der Waals surface area contributed by atoms with E-state index in [-0.39, 0.29) is 5.91 Å². The normalized spacial score (nSPS) is 11.8. The minimum absolute atomic E-state index is 0.251. The van der Waals surface area contributed by atoms with E-state index < -0.39 is 12.1 Å². The second-order valence-corrected chi connectivity index (χ2v) is 6.17. The number of carbonyl (C=O) groups is 2. The van der Waals surface area contributed by atoms with Gasteiger partial charge in [-0.15, -0.1) is 0 Å². The van der Waals surface area contributed by atoms with Crippen molar-refractivity contribution in [2.24, 2.45) is 0 Å². The molecule has 1 rings (SSSR count). The van der Waals surface area contributed by atoms with Gasteiger partial charge in [-0.2, -0.15) is 0 Å². The largest absolute Gasteiger partial charge is 0.447 e. The number of rotatable bonds is 12. The zero-order chi connectivity index (χ0) is 17.6. The maximum absolute atomic E-state index is 12.3. The van der Waals surface area contributed by atoms with E-state index in [0.717, 1.165) is 12.8 Å². The molecule has 0 radical (unpaired) electrons. The predicted molar refractivity (Wildman–Crippen MR) is 96.6 cm³/mol. The van der Waals surface area contributed by atoms with E-state index >= 15 is 0 Å². The zero-order valence-corrected chi connectivity index (χ0v) is 15.1. The fourth-order valence-corrected chi connectivity index (χ4v) is 2.63. The summed E-state index contributed by atoms with van der Waals surface area (Å²) in [4.78, 5) is 23.6. The van der Waals surface area contributed by atoms with Gasteiger partial charge in [0.1, 0.15) is 0 Å². The molecule has 4 heteroatoms. The first-order valence-electron chi connectivity index (χ1n) is 9.15. The minimum Gasteiger partial charge on any atom is -0.447 e. The number of ether oxygens (including phenoxy) is 1. The Kier molecular flexibility index (Phi) is 10.6. The van der Waals surface area contributed by atoms with E-state index in [1.165, 1.54) is 45.4 Å². The van der Waals surface area contributed by atoms with Gasteiger partial charge in [-0.05, 0) is 6.42 Å². The average molecular weight is 333 g/mol. The van der Waals surface area contributed by atoms with Crippen LogP contribution < -0.4 is 5.32 Å². The van der Waals surface area contributed by atoms with Crippen LogP contribution in [0.1, 0.15) is 76.9 Å². The van der Waals surface area contributed by atoms with Crippen LogP contribution in [-0.4, -0.2) is 18.4 Å². The van der Waals surface area contributed by atoms with Crippen LogP contribution in [0.15, 0.2) is 30.3 Å². The average Bonchev–Trinajstić information content (AvgIpc) is 2.58. The number of unbranched alkanes of at least 4 members (excludes halogenated alkanes) is 7. The van der Waals surface area contributed by atoms with Crippen LogP contribution in [0.2, 0.25) is 0 Å². The van der Waals surface area contributed by atoms with Crippen molar-refractivity contribution in [3.63, 3.8) is 0 Å². The van der Waals surface area contributed by atoms with Gasteiger partial charge < -0.3 is 10.1 Å². The number of carbonyl (C=O) groups excluding carboxylic acids is 2. The first-order chi connectivity index (χ1) is 11.6. The van der Waals surface area contributed by atoms with Crippen molar-refractivity contribution in [2.45, 2.75) is 71.3 Å². The van der Waals surface area contributed by atoms with Gasteiger partial charge in [0, 0.05) is 19.0 Å². The summed E-state index contributed by atoms with van der Waals surface area (Å²) in [6.07, 6.45) is 8.94. The number of nitrogens with one attached hydrogen (secondary N) is 1. The van der Waals surface area contributed by atoms with Crippen LogP contribution >= 0.6 is 0 Å². The van der Waals surface area contributed by atoms with Gasteiger partial charge in [-0.3, -0.25) is 9.59 Å². The monoisotopic (exact) mass is 333 g/mol. The van der Waals surface area contributed by atoms with E-state index in [9.17, 15) is 9.59 Å². The third kappa shape index (κ3) is 8.70. The number of hydrogen-bond donors (Lipinski definition) is 1. The highest BCUT2D eigenvalue weighted by molar-refractivity contribution is 5.84. The molecule has 1 atom stereocenters. The van der Waals surface area contributed by atoms with Crippen LogP contribution in [0.25, 0.3) is 0 Å². The van der Waals surface area contributed by atoms with E-state index in [4.69, 9.17) is 4.74 Å². The molecule has 0 aliphatic heterocycles. The predicted octanol–water partition coefficient (Wildman–Crippen LogP) is 4.55. The molecule has 1 N–H and O–H groups in total. The summed E-state index contributed by atoms with van der Waals surface area (Å²) in [5.41, 5.74) is 0.695. The maximum atomic E-state index is 12.3. The second kappa shape index (κ2) is 12.6. The van der Waals surface area contributed by atoms with E-state index in [1.54, 1.807) is 12.1 Å². The summed E-state index contributed by atoms with van der Waals surface area (Å²) in [6, 6.07) is 9.12. The fraction of sp³-hybridized carbons (Fsp3) is 0.600. The lowest BCUT2D eigenvalue weighted by Gasteiger charge is -2.17. The molecule has 24 heavy (non-hydrogen) atoms. The lowest BCUT2D eigenvalue weighted by molar-refractivity contribution is -0.154. The quantitative estimate of drug-likeness (QED) is 0.451. The molecule has 0 aliphatic carbocycles. The molecule has 1 aromatic carbocycles. The van der Waals surface area contributed by atoms with Gasteiger partial charge in [0.2, 0.25) is 6.10 Å². The van der Waals surface area contributed by atoms with Gasteiger partial charge in [-0.1, -0.05) is 82.2 Å². The molecule has 0 heterocycles. The van der Waals surface area contributed by atoms with E-state index in [1.807, 2.05) is 18.2 Å². The molecule has 0 bridgehead atoms. The Labute approximate surface area is 146 Å². The zero-order valence-electron chi connectivity index (χ0n) is 15.1. The Bertz CT molecular complexity index is 473. The molecular formula is C20H31NO3. The molecule has 1 amide bonds. The first kappa shape index (κ1) is 20.2. The number of esters is 1. The summed E-state index contributed by atoms with van der Waals surface area (Å²) in [5.74, 6) is -0.703. The molecule has 4 nitrogen and oxygen atoms in total. The Hall–Kier alpha value is -1.84. The minimum atomic E-state index is -0.863. The van der Waals surface area contributed by atoms with Gasteiger partial charge in [0.05, 0.1) is 0 Å². The van der Waals surface area contributed by atoms with Crippen LogP contribution in [-0.2, 0) is 14.3 Å². The molecular weight excluding hydrogens is 302 g/mol. The van der Waals surface area contributed by atoms with Gasteiger partial charge in [0.25, 0.3) is 5.91 Å². The summed E-state index contributed by atoms with van der Waals surface area (Å²) in [5, 5.41) is 2.88. The highest BCUT2D eigenvalue weighted by atomic mass is 16.5. The van der Waals surface area contributed by atoms with Crippen LogP contribution in [0.3, 0.4) is 0 Å². The summed E-state index contributed by atoms with van der Waals surface area (Å²) in [7, 11) is 0. The third-order valence-corrected chi connectivity index (χ3v) is 3.95. The highest BCUT2D eigenvalue weighted by Gasteiger charge is 2.22. The molecule has 0 spiro atoms. The van der Waals surface area contributed by atoms with Crippen molar-refractivity contribution in [1.29, 1.82) is 0 Å². The number of amides is 1. The van der Waals surface area contributed by atoms with E-state index in [2.05, 4.69) is 12.2 Å². The number of hydrogen-bond acceptors (Lipinski definition) is 3. The molecule has 1 aromatic rings. The van der Waals surface area contributed by atoms with Crippen molar-refractivity contribution in [1.82, 2.24) is 5.32 Å². The van der Waals surface area contributed by atoms with Gasteiger partial charge in [0.15, 0.2) is 0 Å². The molecule has 0 unspecified atom stereocenters. The third-order valence-electron chi connectivity index (χ3n) is 3.95. The van der Waals surface area contributed by atoms with Gasteiger partial charge in [-0.25, -0.2) is 0 Å². The lowest BCUT2D eigenvalue weighted by Crippen LogP contribution is -2.32. The number of benzene rings is 1. The van der Waals surface area contributed by atoms with Crippen LogP contribution in [0, 0.1) is 0 Å². The summed E-state index contributed by atoms with van der Waals surface area (Å²) in [6.45, 7) is 4.17. The van der Waals surface area contributed by atoms with Crippen molar-refractivity contribution >= 4 is 11.9 Å². The molecule has 0 aromatic heterocycles. The lowest BCUT2D eigenvalue weighted by atomic mass is 10.1. The van der Waals surface area contributed by atoms with Crippen molar-refractivity contribution in [3.8, 4) is 0 Å². The Balaban J connectivity index is 2.27. The van der Waals surface area contributed by atoms with Crippen molar-refractivity contribution in [3.05, 3.63) is 35.9 Å². The maximum Gasteiger partial charge on any atom is 0.303 e. The first-order valence-corrected chi connectivity index (χ1v) is 9.15. The molecule has 0 saturated heterocycles. The molecule has 134 valence electrons. The van der Waals surface area contributed by atoms with Crippen molar-refractivity contribution < 1.29 is 14.3 Å². The fourth-order valence-electron chi connectivity index (χ4n) is 2.63.